The fourth-order valence-electron chi connectivity index (χ4n) is 3.68. The van der Waals surface area contributed by atoms with E-state index in [0.717, 1.165) is 31.0 Å². The molecule has 2 aliphatic heterocycles. The van der Waals surface area contributed by atoms with Crippen molar-refractivity contribution in [3.8, 4) is 0 Å². The average Bonchev–Trinajstić information content (AvgIpc) is 3.01. The predicted octanol–water partition coefficient (Wildman–Crippen LogP) is 3.27. The molecule has 0 bridgehead atoms. The van der Waals surface area contributed by atoms with Crippen LogP contribution >= 0.6 is 0 Å². The lowest BCUT2D eigenvalue weighted by Gasteiger charge is -2.30. The van der Waals surface area contributed by atoms with Gasteiger partial charge in [-0.1, -0.05) is 12.2 Å². The van der Waals surface area contributed by atoms with Crippen LogP contribution in [-0.2, 0) is 6.18 Å². The molecule has 2 heterocycles. The number of aryl methyl sites for hydroxylation is 1. The first kappa shape index (κ1) is 19.3. The highest BCUT2D eigenvalue weighted by molar-refractivity contribution is 5.81. The molecule has 0 saturated carbocycles. The van der Waals surface area contributed by atoms with Crippen molar-refractivity contribution in [2.24, 2.45) is 16.5 Å². The van der Waals surface area contributed by atoms with Gasteiger partial charge in [-0.3, -0.25) is 4.90 Å². The normalized spacial score (nSPS) is 20.7. The molecule has 0 aromatic heterocycles. The molecule has 1 unspecified atom stereocenters. The maximum absolute atomic E-state index is 13.7. The summed E-state index contributed by atoms with van der Waals surface area (Å²) in [5.41, 5.74) is 11.9. The zero-order chi connectivity index (χ0) is 19.8. The van der Waals surface area contributed by atoms with Gasteiger partial charge in [0.1, 0.15) is 0 Å². The lowest BCUT2D eigenvalue weighted by Crippen LogP contribution is -2.30. The number of benzene rings is 1. The van der Waals surface area contributed by atoms with Crippen LogP contribution in [0.2, 0.25) is 0 Å². The Kier molecular flexibility index (Phi) is 5.19. The lowest BCUT2D eigenvalue weighted by molar-refractivity contribution is -0.137. The van der Waals surface area contributed by atoms with E-state index in [0.29, 0.717) is 17.8 Å². The molecule has 1 saturated heterocycles. The Morgan fingerprint density at radius 3 is 2.59 bits per heavy atom. The van der Waals surface area contributed by atoms with Crippen LogP contribution in [0.5, 0.6) is 0 Å². The van der Waals surface area contributed by atoms with Crippen molar-refractivity contribution in [3.63, 3.8) is 0 Å². The number of alkyl halides is 3. The van der Waals surface area contributed by atoms with E-state index >= 15 is 0 Å². The number of guanidine groups is 1. The molecule has 0 amide bonds. The minimum Gasteiger partial charge on any atom is -0.370 e. The largest absolute Gasteiger partial charge is 0.418 e. The minimum absolute atomic E-state index is 0.0515. The maximum atomic E-state index is 13.7. The van der Waals surface area contributed by atoms with Crippen LogP contribution in [0.1, 0.15) is 24.0 Å². The fourth-order valence-corrected chi connectivity index (χ4v) is 3.68. The van der Waals surface area contributed by atoms with Gasteiger partial charge in [0.05, 0.1) is 16.9 Å². The molecule has 1 aromatic carbocycles. The number of aliphatic imine (C=N–C) groups is 1. The van der Waals surface area contributed by atoms with Gasteiger partial charge < -0.3 is 16.4 Å². The summed E-state index contributed by atoms with van der Waals surface area (Å²) >= 11 is 0. The average molecular weight is 379 g/mol. The molecule has 1 atom stereocenters. The van der Waals surface area contributed by atoms with Crippen molar-refractivity contribution in [2.75, 3.05) is 25.0 Å². The molecule has 3 rings (SSSR count). The van der Waals surface area contributed by atoms with E-state index in [4.69, 9.17) is 11.5 Å². The third-order valence-corrected chi connectivity index (χ3v) is 5.00. The third-order valence-electron chi connectivity index (χ3n) is 5.00. The Labute approximate surface area is 156 Å². The molecule has 0 spiro atoms. The first-order valence-electron chi connectivity index (χ1n) is 8.83. The number of halogens is 3. The lowest BCUT2D eigenvalue weighted by atomic mass is 10.0. The van der Waals surface area contributed by atoms with Crippen LogP contribution in [0.15, 0.2) is 41.1 Å². The van der Waals surface area contributed by atoms with Crippen LogP contribution in [0.25, 0.3) is 0 Å². The first-order valence-corrected chi connectivity index (χ1v) is 8.83. The van der Waals surface area contributed by atoms with Crippen LogP contribution in [0, 0.1) is 6.92 Å². The Bertz CT molecular complexity index is 806. The number of likely N-dealkylation sites (tertiary alicyclic amines) is 1. The van der Waals surface area contributed by atoms with Crippen LogP contribution in [0.3, 0.4) is 0 Å². The Morgan fingerprint density at radius 1 is 1.26 bits per heavy atom. The third kappa shape index (κ3) is 4.10. The molecule has 0 radical (unpaired) electrons. The standard InChI is InChI=1S/C19H24F3N5/c1-12-9-14(19(20,21)22)17(10-15(12)25-18(23)24)27-8-3-5-13(11-27)16-6-4-7-26(16)2/h3,5,9-11,16H,4,6-8H2,1-2H3,(H4,23,24,25). The molecular weight excluding hydrogens is 355 g/mol. The minimum atomic E-state index is -4.48. The second-order valence-corrected chi connectivity index (χ2v) is 7.01. The number of hydrogen-bond donors (Lipinski definition) is 2. The highest BCUT2D eigenvalue weighted by Gasteiger charge is 2.36. The van der Waals surface area contributed by atoms with Gasteiger partial charge in [0.15, 0.2) is 5.96 Å². The van der Waals surface area contributed by atoms with Gasteiger partial charge in [0, 0.05) is 18.8 Å². The quantitative estimate of drug-likeness (QED) is 0.625. The van der Waals surface area contributed by atoms with Gasteiger partial charge in [0.2, 0.25) is 0 Å². The summed E-state index contributed by atoms with van der Waals surface area (Å²) in [5, 5.41) is 0. The second kappa shape index (κ2) is 7.26. The predicted molar refractivity (Wildman–Crippen MR) is 102 cm³/mol. The Morgan fingerprint density at radius 2 is 2.00 bits per heavy atom. The van der Waals surface area contributed by atoms with E-state index in [1.54, 1.807) is 11.8 Å². The summed E-state index contributed by atoms with van der Waals surface area (Å²) in [6.45, 7) is 2.90. The SMILES string of the molecule is Cc1cc(C(F)(F)F)c(N2C=C(C3CCCN3C)C=CC2)cc1N=C(N)N. The maximum Gasteiger partial charge on any atom is 0.418 e. The molecule has 27 heavy (non-hydrogen) atoms. The summed E-state index contributed by atoms with van der Waals surface area (Å²) < 4.78 is 41.0. The van der Waals surface area contributed by atoms with Crippen LogP contribution in [0.4, 0.5) is 24.5 Å². The van der Waals surface area contributed by atoms with Crippen molar-refractivity contribution in [1.29, 1.82) is 0 Å². The second-order valence-electron chi connectivity index (χ2n) is 7.01. The zero-order valence-corrected chi connectivity index (χ0v) is 15.4. The summed E-state index contributed by atoms with van der Waals surface area (Å²) in [6, 6.07) is 2.73. The van der Waals surface area contributed by atoms with Gasteiger partial charge in [-0.05, 0) is 56.6 Å². The zero-order valence-electron chi connectivity index (χ0n) is 15.4. The van der Waals surface area contributed by atoms with Crippen molar-refractivity contribution in [1.82, 2.24) is 4.90 Å². The molecule has 5 nitrogen and oxygen atoms in total. The summed E-state index contributed by atoms with van der Waals surface area (Å²) in [6.07, 6.45) is 3.31. The number of rotatable bonds is 3. The Hall–Kier alpha value is -2.48. The van der Waals surface area contributed by atoms with E-state index in [1.807, 2.05) is 25.4 Å². The Balaban J connectivity index is 2.07. The number of hydrogen-bond acceptors (Lipinski definition) is 3. The number of nitrogens with two attached hydrogens (primary N) is 2. The molecule has 0 aliphatic carbocycles. The van der Waals surface area contributed by atoms with Crippen molar-refractivity contribution < 1.29 is 13.2 Å². The van der Waals surface area contributed by atoms with Gasteiger partial charge in [0.25, 0.3) is 0 Å². The van der Waals surface area contributed by atoms with Crippen molar-refractivity contribution >= 4 is 17.3 Å². The molecule has 1 fully saturated rings. The molecular formula is C19H24F3N5. The highest BCUT2D eigenvalue weighted by Crippen LogP contribution is 2.41. The topological polar surface area (TPSA) is 70.9 Å². The molecule has 1 aromatic rings. The highest BCUT2D eigenvalue weighted by atomic mass is 19.4. The number of likely N-dealkylation sites (N-methyl/N-ethyl adjacent to an activating group) is 1. The van der Waals surface area contributed by atoms with E-state index < -0.39 is 11.7 Å². The van der Waals surface area contributed by atoms with Gasteiger partial charge in [-0.2, -0.15) is 13.2 Å². The van der Waals surface area contributed by atoms with E-state index in [-0.39, 0.29) is 17.7 Å². The summed E-state index contributed by atoms with van der Waals surface area (Å²) in [4.78, 5) is 7.82. The molecule has 2 aliphatic rings. The number of nitrogens with zero attached hydrogens (tertiary/aromatic N) is 3. The smallest absolute Gasteiger partial charge is 0.370 e. The van der Waals surface area contributed by atoms with Crippen molar-refractivity contribution in [3.05, 3.63) is 47.2 Å². The van der Waals surface area contributed by atoms with E-state index in [2.05, 4.69) is 9.89 Å². The van der Waals surface area contributed by atoms with Crippen LogP contribution in [-0.4, -0.2) is 37.0 Å². The fraction of sp³-hybridized carbons (Fsp3) is 0.421. The van der Waals surface area contributed by atoms with Crippen LogP contribution < -0.4 is 16.4 Å². The van der Waals surface area contributed by atoms with Gasteiger partial charge in [-0.25, -0.2) is 4.99 Å². The summed E-state index contributed by atoms with van der Waals surface area (Å²) in [7, 11) is 2.04. The number of anilines is 1. The first-order chi connectivity index (χ1) is 12.7. The van der Waals surface area contributed by atoms with Gasteiger partial charge >= 0.3 is 6.18 Å². The van der Waals surface area contributed by atoms with Gasteiger partial charge in [-0.15, -0.1) is 0 Å². The molecule has 4 N–H and O–H groups in total. The monoisotopic (exact) mass is 379 g/mol. The summed E-state index contributed by atoms with van der Waals surface area (Å²) in [5.74, 6) is -0.189. The van der Waals surface area contributed by atoms with E-state index in [1.165, 1.54) is 6.07 Å². The molecule has 8 heteroatoms. The molecule has 146 valence electrons. The van der Waals surface area contributed by atoms with E-state index in [9.17, 15) is 13.2 Å². The van der Waals surface area contributed by atoms with Crippen molar-refractivity contribution in [2.45, 2.75) is 32.0 Å².